The molecule has 1 aromatic carbocycles. The Morgan fingerprint density at radius 3 is 2.82 bits per heavy atom. The number of hydrogen-bond acceptors (Lipinski definition) is 3. The highest BCUT2D eigenvalue weighted by atomic mass is 16.2. The van der Waals surface area contributed by atoms with E-state index in [1.54, 1.807) is 0 Å². The Balaban J connectivity index is 1.94. The van der Waals surface area contributed by atoms with Crippen molar-refractivity contribution in [3.05, 3.63) is 29.8 Å². The molecule has 92 valence electrons. The third-order valence-corrected chi connectivity index (χ3v) is 3.06. The monoisotopic (exact) mass is 233 g/mol. The highest BCUT2D eigenvalue weighted by Crippen LogP contribution is 2.08. The summed E-state index contributed by atoms with van der Waals surface area (Å²) < 4.78 is 0. The Morgan fingerprint density at radius 2 is 2.18 bits per heavy atom. The number of benzene rings is 1. The number of anilines is 1. The van der Waals surface area contributed by atoms with Crippen molar-refractivity contribution in [2.45, 2.75) is 19.4 Å². The van der Waals surface area contributed by atoms with Crippen molar-refractivity contribution >= 4 is 11.6 Å². The zero-order valence-corrected chi connectivity index (χ0v) is 10.1. The van der Waals surface area contributed by atoms with E-state index < -0.39 is 0 Å². The number of nitrogens with zero attached hydrogens (tertiary/aromatic N) is 1. The SMILES string of the molecule is CC1CN(C(=O)Cc2ccc(N)cc2)CCN1. The van der Waals surface area contributed by atoms with Gasteiger partial charge in [-0.1, -0.05) is 12.1 Å². The van der Waals surface area contributed by atoms with Gasteiger partial charge in [0.05, 0.1) is 6.42 Å². The van der Waals surface area contributed by atoms with Crippen molar-refractivity contribution in [1.82, 2.24) is 10.2 Å². The summed E-state index contributed by atoms with van der Waals surface area (Å²) in [4.78, 5) is 14.0. The molecule has 2 rings (SSSR count). The first-order chi connectivity index (χ1) is 8.15. The smallest absolute Gasteiger partial charge is 0.227 e. The van der Waals surface area contributed by atoms with Crippen LogP contribution in [-0.4, -0.2) is 36.5 Å². The summed E-state index contributed by atoms with van der Waals surface area (Å²) in [7, 11) is 0. The van der Waals surface area contributed by atoms with Crippen LogP contribution in [0.1, 0.15) is 12.5 Å². The minimum Gasteiger partial charge on any atom is -0.399 e. The fraction of sp³-hybridized carbons (Fsp3) is 0.462. The second kappa shape index (κ2) is 5.19. The third-order valence-electron chi connectivity index (χ3n) is 3.06. The van der Waals surface area contributed by atoms with E-state index in [1.807, 2.05) is 29.2 Å². The van der Waals surface area contributed by atoms with E-state index in [4.69, 9.17) is 5.73 Å². The number of nitrogen functional groups attached to an aromatic ring is 1. The van der Waals surface area contributed by atoms with Crippen LogP contribution >= 0.6 is 0 Å². The first-order valence-electron chi connectivity index (χ1n) is 6.01. The van der Waals surface area contributed by atoms with E-state index in [0.29, 0.717) is 12.5 Å². The Kier molecular flexibility index (Phi) is 3.64. The van der Waals surface area contributed by atoms with Gasteiger partial charge in [-0.25, -0.2) is 0 Å². The summed E-state index contributed by atoms with van der Waals surface area (Å²) in [5.41, 5.74) is 7.37. The van der Waals surface area contributed by atoms with E-state index in [9.17, 15) is 4.79 Å². The highest BCUT2D eigenvalue weighted by molar-refractivity contribution is 5.79. The number of nitrogens with one attached hydrogen (secondary N) is 1. The molecule has 4 heteroatoms. The second-order valence-electron chi connectivity index (χ2n) is 4.61. The number of amides is 1. The van der Waals surface area contributed by atoms with Crippen molar-refractivity contribution in [2.24, 2.45) is 0 Å². The van der Waals surface area contributed by atoms with Crippen molar-refractivity contribution in [1.29, 1.82) is 0 Å². The van der Waals surface area contributed by atoms with E-state index in [1.165, 1.54) is 0 Å². The van der Waals surface area contributed by atoms with Gasteiger partial charge in [-0.15, -0.1) is 0 Å². The molecule has 4 nitrogen and oxygen atoms in total. The molecule has 1 unspecified atom stereocenters. The van der Waals surface area contributed by atoms with Gasteiger partial charge >= 0.3 is 0 Å². The molecule has 0 aromatic heterocycles. The van der Waals surface area contributed by atoms with E-state index in [-0.39, 0.29) is 5.91 Å². The fourth-order valence-electron chi connectivity index (χ4n) is 2.08. The predicted molar refractivity (Wildman–Crippen MR) is 68.6 cm³/mol. The lowest BCUT2D eigenvalue weighted by Gasteiger charge is -2.32. The molecule has 3 N–H and O–H groups in total. The van der Waals surface area contributed by atoms with Crippen LogP contribution in [0.3, 0.4) is 0 Å². The molecule has 17 heavy (non-hydrogen) atoms. The minimum absolute atomic E-state index is 0.197. The van der Waals surface area contributed by atoms with E-state index >= 15 is 0 Å². The summed E-state index contributed by atoms with van der Waals surface area (Å²) in [6.45, 7) is 4.59. The maximum absolute atomic E-state index is 12.1. The zero-order chi connectivity index (χ0) is 12.3. The molecule has 1 aliphatic heterocycles. The summed E-state index contributed by atoms with van der Waals surface area (Å²) in [5, 5.41) is 3.33. The fourth-order valence-corrected chi connectivity index (χ4v) is 2.08. The highest BCUT2D eigenvalue weighted by Gasteiger charge is 2.20. The Labute approximate surface area is 102 Å². The van der Waals surface area contributed by atoms with Crippen LogP contribution in [-0.2, 0) is 11.2 Å². The number of nitrogens with two attached hydrogens (primary N) is 1. The van der Waals surface area contributed by atoms with Crippen LogP contribution in [0.4, 0.5) is 5.69 Å². The molecule has 1 fully saturated rings. The largest absolute Gasteiger partial charge is 0.399 e. The first-order valence-corrected chi connectivity index (χ1v) is 6.01. The van der Waals surface area contributed by atoms with Gasteiger partial charge in [0.25, 0.3) is 0 Å². The van der Waals surface area contributed by atoms with Crippen molar-refractivity contribution in [2.75, 3.05) is 25.4 Å². The molecule has 1 atom stereocenters. The molecule has 0 spiro atoms. The molecule has 1 saturated heterocycles. The molecule has 1 amide bonds. The first kappa shape index (κ1) is 11.9. The second-order valence-corrected chi connectivity index (χ2v) is 4.61. The minimum atomic E-state index is 0.197. The van der Waals surface area contributed by atoms with Gasteiger partial charge in [0.1, 0.15) is 0 Å². The normalized spacial score (nSPS) is 20.3. The maximum atomic E-state index is 12.1. The van der Waals surface area contributed by atoms with Crippen molar-refractivity contribution in [3.63, 3.8) is 0 Å². The van der Waals surface area contributed by atoms with Crippen LogP contribution in [0.25, 0.3) is 0 Å². The topological polar surface area (TPSA) is 58.4 Å². The molecule has 1 aliphatic rings. The van der Waals surface area contributed by atoms with Gasteiger partial charge in [0, 0.05) is 31.4 Å². The number of rotatable bonds is 2. The predicted octanol–water partition coefficient (Wildman–Crippen LogP) is 0.632. The van der Waals surface area contributed by atoms with E-state index in [0.717, 1.165) is 30.9 Å². The Morgan fingerprint density at radius 1 is 1.47 bits per heavy atom. The maximum Gasteiger partial charge on any atom is 0.227 e. The van der Waals surface area contributed by atoms with Crippen LogP contribution in [0.2, 0.25) is 0 Å². The number of piperazine rings is 1. The lowest BCUT2D eigenvalue weighted by molar-refractivity contribution is -0.131. The van der Waals surface area contributed by atoms with Gasteiger partial charge < -0.3 is 16.0 Å². The third kappa shape index (κ3) is 3.20. The zero-order valence-electron chi connectivity index (χ0n) is 10.1. The lowest BCUT2D eigenvalue weighted by Crippen LogP contribution is -2.51. The molecule has 0 radical (unpaired) electrons. The molecule has 1 heterocycles. The molecule has 1 aromatic rings. The van der Waals surface area contributed by atoms with Gasteiger partial charge in [-0.3, -0.25) is 4.79 Å². The summed E-state index contributed by atoms with van der Waals surface area (Å²) in [5.74, 6) is 0.197. The van der Waals surface area contributed by atoms with E-state index in [2.05, 4.69) is 12.2 Å². The van der Waals surface area contributed by atoms with Crippen LogP contribution in [0.5, 0.6) is 0 Å². The standard InChI is InChI=1S/C13H19N3O/c1-10-9-16(7-6-15-10)13(17)8-11-2-4-12(14)5-3-11/h2-5,10,15H,6-9,14H2,1H3. The average Bonchev–Trinajstić information content (AvgIpc) is 2.32. The van der Waals surface area contributed by atoms with Gasteiger partial charge in [-0.2, -0.15) is 0 Å². The molecular weight excluding hydrogens is 214 g/mol. The Bertz CT molecular complexity index is 388. The van der Waals surface area contributed by atoms with Gasteiger partial charge in [-0.05, 0) is 24.6 Å². The Hall–Kier alpha value is -1.55. The van der Waals surface area contributed by atoms with Gasteiger partial charge in [0.2, 0.25) is 5.91 Å². The average molecular weight is 233 g/mol. The molecular formula is C13H19N3O. The van der Waals surface area contributed by atoms with Crippen molar-refractivity contribution in [3.8, 4) is 0 Å². The number of carbonyl (C=O) groups is 1. The molecule has 0 saturated carbocycles. The van der Waals surface area contributed by atoms with Gasteiger partial charge in [0.15, 0.2) is 0 Å². The van der Waals surface area contributed by atoms with Crippen LogP contribution < -0.4 is 11.1 Å². The van der Waals surface area contributed by atoms with Crippen molar-refractivity contribution < 1.29 is 4.79 Å². The number of hydrogen-bond donors (Lipinski definition) is 2. The van der Waals surface area contributed by atoms with Crippen LogP contribution in [0, 0.1) is 0 Å². The number of carbonyl (C=O) groups excluding carboxylic acids is 1. The quantitative estimate of drug-likeness (QED) is 0.737. The van der Waals surface area contributed by atoms with Crippen LogP contribution in [0.15, 0.2) is 24.3 Å². The molecule has 0 aliphatic carbocycles. The summed E-state index contributed by atoms with van der Waals surface area (Å²) >= 11 is 0. The lowest BCUT2D eigenvalue weighted by atomic mass is 10.1. The summed E-state index contributed by atoms with van der Waals surface area (Å²) in [6.07, 6.45) is 0.465. The summed E-state index contributed by atoms with van der Waals surface area (Å²) in [6, 6.07) is 7.89. The molecule has 0 bridgehead atoms.